The van der Waals surface area contributed by atoms with Crippen LogP contribution in [0.4, 0.5) is 0 Å². The molecule has 146 valence electrons. The van der Waals surface area contributed by atoms with Crippen LogP contribution in [0, 0.1) is 5.92 Å². The van der Waals surface area contributed by atoms with Crippen LogP contribution in [-0.2, 0) is 9.53 Å². The van der Waals surface area contributed by atoms with Crippen LogP contribution in [0.1, 0.15) is 27.7 Å². The predicted octanol–water partition coefficient (Wildman–Crippen LogP) is 2.99. The fourth-order valence-electron chi connectivity index (χ4n) is 2.98. The zero-order valence-electron chi connectivity index (χ0n) is 16.1. The fourth-order valence-corrected chi connectivity index (χ4v) is 3.16. The molecule has 8 heteroatoms. The van der Waals surface area contributed by atoms with Crippen LogP contribution in [0.5, 0.6) is 11.6 Å². The normalized spacial score (nSPS) is 22.7. The van der Waals surface area contributed by atoms with Crippen molar-refractivity contribution in [1.29, 1.82) is 0 Å². The molecule has 0 radical (unpaired) electrons. The standard InChI is InChI=1S/C19H24ClN3O4/c1-10-14(9-21-15(10)18(24)27-19(2,3)4)26-17-16(20)22-12-7-6-11(25-5)8-13(12)23-17/h6-8,10,14-15,21H,9H2,1-5H3. The molecule has 1 N–H and O–H groups in total. The number of hydrogen-bond donors (Lipinski definition) is 1. The van der Waals surface area contributed by atoms with E-state index in [-0.39, 0.29) is 29.0 Å². The Morgan fingerprint density at radius 1 is 1.26 bits per heavy atom. The van der Waals surface area contributed by atoms with Gasteiger partial charge in [0.05, 0.1) is 18.1 Å². The summed E-state index contributed by atoms with van der Waals surface area (Å²) in [5, 5.41) is 3.34. The number of carbonyl (C=O) groups is 1. The molecule has 1 aromatic carbocycles. The number of hydrogen-bond acceptors (Lipinski definition) is 7. The third-order valence-electron chi connectivity index (χ3n) is 4.37. The molecular formula is C19H24ClN3O4. The van der Waals surface area contributed by atoms with Gasteiger partial charge in [-0.05, 0) is 32.9 Å². The number of fused-ring (bicyclic) bond motifs is 1. The van der Waals surface area contributed by atoms with Crippen LogP contribution < -0.4 is 14.8 Å². The number of ether oxygens (including phenoxy) is 3. The molecule has 1 aliphatic rings. The number of aromatic nitrogens is 2. The summed E-state index contributed by atoms with van der Waals surface area (Å²) in [5.74, 6) is 0.507. The molecule has 0 bridgehead atoms. The third kappa shape index (κ3) is 4.42. The SMILES string of the molecule is COc1ccc2nc(Cl)c(OC3CNC(C(=O)OC(C)(C)C)C3C)nc2c1. The van der Waals surface area contributed by atoms with Gasteiger partial charge in [-0.3, -0.25) is 4.79 Å². The van der Waals surface area contributed by atoms with E-state index in [4.69, 9.17) is 25.8 Å². The maximum Gasteiger partial charge on any atom is 0.324 e. The van der Waals surface area contributed by atoms with E-state index >= 15 is 0 Å². The minimum absolute atomic E-state index is 0.112. The number of benzene rings is 1. The van der Waals surface area contributed by atoms with Gasteiger partial charge in [0.1, 0.15) is 23.5 Å². The first-order valence-electron chi connectivity index (χ1n) is 8.82. The Bertz CT molecular complexity index is 853. The average molecular weight is 394 g/mol. The monoisotopic (exact) mass is 393 g/mol. The van der Waals surface area contributed by atoms with Crippen molar-refractivity contribution in [3.63, 3.8) is 0 Å². The lowest BCUT2D eigenvalue weighted by atomic mass is 10.0. The van der Waals surface area contributed by atoms with Crippen LogP contribution in [0.2, 0.25) is 5.15 Å². The molecule has 1 aromatic heterocycles. The summed E-state index contributed by atoms with van der Waals surface area (Å²) < 4.78 is 16.7. The highest BCUT2D eigenvalue weighted by Gasteiger charge is 2.41. The quantitative estimate of drug-likeness (QED) is 0.799. The molecule has 0 saturated carbocycles. The van der Waals surface area contributed by atoms with E-state index in [2.05, 4.69) is 15.3 Å². The van der Waals surface area contributed by atoms with E-state index in [0.29, 0.717) is 23.3 Å². The Morgan fingerprint density at radius 3 is 2.67 bits per heavy atom. The Morgan fingerprint density at radius 2 is 2.00 bits per heavy atom. The van der Waals surface area contributed by atoms with Gasteiger partial charge in [-0.2, -0.15) is 0 Å². The zero-order valence-corrected chi connectivity index (χ0v) is 16.8. The number of rotatable bonds is 4. The second-order valence-electron chi connectivity index (χ2n) is 7.61. The highest BCUT2D eigenvalue weighted by atomic mass is 35.5. The fraction of sp³-hybridized carbons (Fsp3) is 0.526. The Kier molecular flexibility index (Phi) is 5.44. The van der Waals surface area contributed by atoms with Crippen LogP contribution in [0.15, 0.2) is 18.2 Å². The van der Waals surface area contributed by atoms with Crippen LogP contribution in [0.25, 0.3) is 11.0 Å². The predicted molar refractivity (Wildman–Crippen MR) is 102 cm³/mol. The molecule has 7 nitrogen and oxygen atoms in total. The molecule has 3 atom stereocenters. The lowest BCUT2D eigenvalue weighted by Gasteiger charge is -2.24. The summed E-state index contributed by atoms with van der Waals surface area (Å²) in [6.45, 7) is 7.95. The highest BCUT2D eigenvalue weighted by Crippen LogP contribution is 2.29. The van der Waals surface area contributed by atoms with Crippen molar-refractivity contribution in [2.75, 3.05) is 13.7 Å². The third-order valence-corrected chi connectivity index (χ3v) is 4.62. The summed E-state index contributed by atoms with van der Waals surface area (Å²) in [7, 11) is 1.59. The lowest BCUT2D eigenvalue weighted by Crippen LogP contribution is -2.40. The molecule has 0 aliphatic carbocycles. The molecule has 2 heterocycles. The van der Waals surface area contributed by atoms with E-state index in [1.165, 1.54) is 0 Å². The Hall–Kier alpha value is -2.12. The highest BCUT2D eigenvalue weighted by molar-refractivity contribution is 6.31. The van der Waals surface area contributed by atoms with Gasteiger partial charge in [-0.15, -0.1) is 0 Å². The van der Waals surface area contributed by atoms with Crippen molar-refractivity contribution < 1.29 is 19.0 Å². The van der Waals surface area contributed by atoms with Gasteiger partial charge in [0.15, 0.2) is 5.15 Å². The van der Waals surface area contributed by atoms with Crippen molar-refractivity contribution in [1.82, 2.24) is 15.3 Å². The molecule has 1 saturated heterocycles. The molecule has 1 aliphatic heterocycles. The number of halogens is 1. The van der Waals surface area contributed by atoms with E-state index in [0.717, 1.165) is 0 Å². The Balaban J connectivity index is 1.77. The van der Waals surface area contributed by atoms with Crippen molar-refractivity contribution >= 4 is 28.6 Å². The van der Waals surface area contributed by atoms with Gasteiger partial charge in [-0.1, -0.05) is 18.5 Å². The molecule has 0 amide bonds. The summed E-state index contributed by atoms with van der Waals surface area (Å²) >= 11 is 6.25. The molecular weight excluding hydrogens is 370 g/mol. The minimum Gasteiger partial charge on any atom is -0.497 e. The first-order valence-corrected chi connectivity index (χ1v) is 9.20. The first-order chi connectivity index (χ1) is 12.7. The topological polar surface area (TPSA) is 82.6 Å². The van der Waals surface area contributed by atoms with E-state index in [9.17, 15) is 4.79 Å². The van der Waals surface area contributed by atoms with Crippen LogP contribution in [0.3, 0.4) is 0 Å². The van der Waals surface area contributed by atoms with Gasteiger partial charge < -0.3 is 19.5 Å². The summed E-state index contributed by atoms with van der Waals surface area (Å²) in [5.41, 5.74) is 0.734. The van der Waals surface area contributed by atoms with Gasteiger partial charge in [0, 0.05) is 18.5 Å². The second-order valence-corrected chi connectivity index (χ2v) is 7.97. The average Bonchev–Trinajstić information content (AvgIpc) is 2.94. The van der Waals surface area contributed by atoms with Gasteiger partial charge in [0.25, 0.3) is 5.88 Å². The second kappa shape index (κ2) is 7.48. The molecule has 0 spiro atoms. The van der Waals surface area contributed by atoms with E-state index in [1.807, 2.05) is 27.7 Å². The first kappa shape index (κ1) is 19.6. The number of carbonyl (C=O) groups excluding carboxylic acids is 1. The van der Waals surface area contributed by atoms with Crippen molar-refractivity contribution in [3.05, 3.63) is 23.4 Å². The van der Waals surface area contributed by atoms with Crippen molar-refractivity contribution in [2.45, 2.75) is 45.4 Å². The van der Waals surface area contributed by atoms with E-state index in [1.54, 1.807) is 25.3 Å². The van der Waals surface area contributed by atoms with Crippen molar-refractivity contribution in [2.24, 2.45) is 5.92 Å². The van der Waals surface area contributed by atoms with Crippen molar-refractivity contribution in [3.8, 4) is 11.6 Å². The molecule has 1 fully saturated rings. The maximum absolute atomic E-state index is 12.4. The summed E-state index contributed by atoms with van der Waals surface area (Å²) in [4.78, 5) is 21.2. The zero-order chi connectivity index (χ0) is 19.8. The van der Waals surface area contributed by atoms with Crippen LogP contribution >= 0.6 is 11.6 Å². The number of esters is 1. The minimum atomic E-state index is -0.538. The smallest absolute Gasteiger partial charge is 0.324 e. The molecule has 3 unspecified atom stereocenters. The van der Waals surface area contributed by atoms with Gasteiger partial charge in [-0.25, -0.2) is 9.97 Å². The molecule has 2 aromatic rings. The molecule has 27 heavy (non-hydrogen) atoms. The molecule has 3 rings (SSSR count). The van der Waals surface area contributed by atoms with Gasteiger partial charge in [0.2, 0.25) is 0 Å². The number of nitrogens with one attached hydrogen (secondary N) is 1. The summed E-state index contributed by atoms with van der Waals surface area (Å²) in [6, 6.07) is 4.91. The van der Waals surface area contributed by atoms with Crippen LogP contribution in [-0.4, -0.2) is 47.3 Å². The Labute approximate surface area is 163 Å². The summed E-state index contributed by atoms with van der Waals surface area (Å²) in [6.07, 6.45) is -0.280. The lowest BCUT2D eigenvalue weighted by molar-refractivity contribution is -0.158. The largest absolute Gasteiger partial charge is 0.497 e. The maximum atomic E-state index is 12.4. The van der Waals surface area contributed by atoms with E-state index < -0.39 is 11.6 Å². The number of nitrogens with zero attached hydrogens (tertiary/aromatic N) is 2. The van der Waals surface area contributed by atoms with Gasteiger partial charge >= 0.3 is 5.97 Å². The number of methoxy groups -OCH3 is 1.